The Labute approximate surface area is 132 Å². The van der Waals surface area contributed by atoms with Crippen molar-refractivity contribution in [2.24, 2.45) is 5.92 Å². The number of nitrogens with zero attached hydrogens (tertiary/aromatic N) is 2. The van der Waals surface area contributed by atoms with Crippen LogP contribution in [0.2, 0.25) is 5.15 Å². The van der Waals surface area contributed by atoms with Crippen molar-refractivity contribution in [3.05, 3.63) is 10.0 Å². The molecule has 0 saturated carbocycles. The molecule has 0 bridgehead atoms. The minimum absolute atomic E-state index is 0.139. The van der Waals surface area contributed by atoms with Gasteiger partial charge in [0.05, 0.1) is 19.6 Å². The lowest BCUT2D eigenvalue weighted by molar-refractivity contribution is -0.148. The van der Waals surface area contributed by atoms with Crippen LogP contribution in [-0.2, 0) is 14.3 Å². The molecule has 0 aliphatic carbocycles. The normalized spacial score (nSPS) is 18.4. The molecule has 1 aromatic rings. The molecule has 0 amide bonds. The molecule has 2 rings (SSSR count). The number of esters is 2. The molecule has 0 N–H and O–H groups in total. The number of anilines is 1. The second-order valence-corrected chi connectivity index (χ2v) is 5.98. The lowest BCUT2D eigenvalue weighted by atomic mass is 9.99. The van der Waals surface area contributed by atoms with Crippen molar-refractivity contribution >= 4 is 40.0 Å². The SMILES string of the molecule is CCOC(=O)[C@@H]1CCCN(c2nc(Cl)c(C(=O)OC)s2)C1. The molecule has 6 nitrogen and oxygen atoms in total. The van der Waals surface area contributed by atoms with Gasteiger partial charge in [0.2, 0.25) is 0 Å². The van der Waals surface area contributed by atoms with Crippen molar-refractivity contribution in [1.82, 2.24) is 4.98 Å². The number of hydrogen-bond donors (Lipinski definition) is 0. The second kappa shape index (κ2) is 7.09. The van der Waals surface area contributed by atoms with E-state index in [1.54, 1.807) is 6.92 Å². The van der Waals surface area contributed by atoms with E-state index in [2.05, 4.69) is 9.72 Å². The molecule has 1 aliphatic rings. The van der Waals surface area contributed by atoms with Crippen LogP contribution in [0.3, 0.4) is 0 Å². The van der Waals surface area contributed by atoms with E-state index in [1.165, 1.54) is 18.4 Å². The first-order chi connectivity index (χ1) is 10.1. The van der Waals surface area contributed by atoms with Gasteiger partial charge in [0.15, 0.2) is 15.2 Å². The number of carbonyl (C=O) groups excluding carboxylic acids is 2. The van der Waals surface area contributed by atoms with Crippen LogP contribution in [0.15, 0.2) is 0 Å². The van der Waals surface area contributed by atoms with Crippen LogP contribution in [-0.4, -0.2) is 43.7 Å². The van der Waals surface area contributed by atoms with Crippen molar-refractivity contribution < 1.29 is 19.1 Å². The lowest BCUT2D eigenvalue weighted by Gasteiger charge is -2.31. The highest BCUT2D eigenvalue weighted by molar-refractivity contribution is 7.18. The molecule has 1 atom stereocenters. The molecule has 0 radical (unpaired) electrons. The number of hydrogen-bond acceptors (Lipinski definition) is 7. The summed E-state index contributed by atoms with van der Waals surface area (Å²) in [5.74, 6) is -0.844. The summed E-state index contributed by atoms with van der Waals surface area (Å²) in [6.07, 6.45) is 1.67. The van der Waals surface area contributed by atoms with Gasteiger partial charge in [-0.05, 0) is 19.8 Å². The Morgan fingerprint density at radius 3 is 2.95 bits per heavy atom. The Morgan fingerprint density at radius 1 is 1.52 bits per heavy atom. The summed E-state index contributed by atoms with van der Waals surface area (Å²) in [6.45, 7) is 3.48. The highest BCUT2D eigenvalue weighted by Gasteiger charge is 2.29. The van der Waals surface area contributed by atoms with Crippen molar-refractivity contribution in [2.45, 2.75) is 19.8 Å². The number of carbonyl (C=O) groups is 2. The maximum Gasteiger partial charge on any atom is 0.351 e. The molecule has 116 valence electrons. The highest BCUT2D eigenvalue weighted by atomic mass is 35.5. The van der Waals surface area contributed by atoms with E-state index in [9.17, 15) is 9.59 Å². The van der Waals surface area contributed by atoms with Crippen molar-refractivity contribution in [3.8, 4) is 0 Å². The zero-order valence-electron chi connectivity index (χ0n) is 11.9. The Morgan fingerprint density at radius 2 is 2.29 bits per heavy atom. The van der Waals surface area contributed by atoms with Gasteiger partial charge >= 0.3 is 11.9 Å². The smallest absolute Gasteiger partial charge is 0.351 e. The van der Waals surface area contributed by atoms with Crippen molar-refractivity contribution in [3.63, 3.8) is 0 Å². The van der Waals surface area contributed by atoms with Gasteiger partial charge in [-0.25, -0.2) is 9.78 Å². The van der Waals surface area contributed by atoms with Crippen LogP contribution in [0.1, 0.15) is 29.4 Å². The predicted octanol–water partition coefficient (Wildman–Crippen LogP) is 2.36. The van der Waals surface area contributed by atoms with Crippen LogP contribution < -0.4 is 4.90 Å². The fourth-order valence-corrected chi connectivity index (χ4v) is 3.48. The fraction of sp³-hybridized carbons (Fsp3) is 0.615. The largest absolute Gasteiger partial charge is 0.466 e. The van der Waals surface area contributed by atoms with Gasteiger partial charge in [-0.2, -0.15) is 0 Å². The monoisotopic (exact) mass is 332 g/mol. The van der Waals surface area contributed by atoms with Crippen LogP contribution >= 0.6 is 22.9 Å². The molecule has 1 saturated heterocycles. The highest BCUT2D eigenvalue weighted by Crippen LogP contribution is 2.32. The molecule has 1 aromatic heterocycles. The zero-order valence-corrected chi connectivity index (χ0v) is 13.5. The van der Waals surface area contributed by atoms with E-state index in [4.69, 9.17) is 16.3 Å². The molecule has 0 aromatic carbocycles. The van der Waals surface area contributed by atoms with Gasteiger partial charge in [0.25, 0.3) is 0 Å². The number of aromatic nitrogens is 1. The molecule has 8 heteroatoms. The molecule has 21 heavy (non-hydrogen) atoms. The number of piperidine rings is 1. The molecule has 0 spiro atoms. The average molecular weight is 333 g/mol. The summed E-state index contributed by atoms with van der Waals surface area (Å²) in [4.78, 5) is 29.8. The standard InChI is InChI=1S/C13H17ClN2O4S/c1-3-20-11(17)8-5-4-6-16(7-8)13-15-10(14)9(21-13)12(18)19-2/h8H,3-7H2,1-2H3/t8-/m1/s1. The Bertz CT molecular complexity index is 534. The first-order valence-electron chi connectivity index (χ1n) is 6.73. The van der Waals surface area contributed by atoms with Gasteiger partial charge in [0.1, 0.15) is 0 Å². The Kier molecular flexibility index (Phi) is 5.41. The van der Waals surface area contributed by atoms with Crippen LogP contribution in [0.5, 0.6) is 0 Å². The molecule has 1 fully saturated rings. The fourth-order valence-electron chi connectivity index (χ4n) is 2.25. The summed E-state index contributed by atoms with van der Waals surface area (Å²) in [6, 6.07) is 0. The third-order valence-electron chi connectivity index (χ3n) is 3.26. The maximum absolute atomic E-state index is 11.8. The van der Waals surface area contributed by atoms with E-state index in [0.717, 1.165) is 19.4 Å². The molecule has 2 heterocycles. The summed E-state index contributed by atoms with van der Waals surface area (Å²) in [5, 5.41) is 0.773. The quantitative estimate of drug-likeness (QED) is 0.788. The first kappa shape index (κ1) is 16.0. The lowest BCUT2D eigenvalue weighted by Crippen LogP contribution is -2.39. The Balaban J connectivity index is 2.11. The second-order valence-electron chi connectivity index (χ2n) is 4.65. The van der Waals surface area contributed by atoms with Crippen LogP contribution in [0, 0.1) is 5.92 Å². The molecular formula is C13H17ClN2O4S. The molecule has 0 unspecified atom stereocenters. The number of ether oxygens (including phenoxy) is 2. The first-order valence-corrected chi connectivity index (χ1v) is 7.92. The van der Waals surface area contributed by atoms with Gasteiger partial charge in [0, 0.05) is 13.1 Å². The third kappa shape index (κ3) is 3.65. The summed E-state index contributed by atoms with van der Waals surface area (Å²) in [5.41, 5.74) is 0. The number of methoxy groups -OCH3 is 1. The summed E-state index contributed by atoms with van der Waals surface area (Å²) >= 11 is 7.15. The Hall–Kier alpha value is -1.34. The van der Waals surface area contributed by atoms with E-state index < -0.39 is 5.97 Å². The minimum atomic E-state index is -0.497. The number of rotatable bonds is 4. The average Bonchev–Trinajstić information content (AvgIpc) is 2.89. The third-order valence-corrected chi connectivity index (χ3v) is 4.74. The van der Waals surface area contributed by atoms with E-state index in [0.29, 0.717) is 18.3 Å². The van der Waals surface area contributed by atoms with E-state index >= 15 is 0 Å². The van der Waals surface area contributed by atoms with Crippen molar-refractivity contribution in [1.29, 1.82) is 0 Å². The number of thiazole rings is 1. The minimum Gasteiger partial charge on any atom is -0.466 e. The molecule has 1 aliphatic heterocycles. The zero-order chi connectivity index (χ0) is 15.4. The summed E-state index contributed by atoms with van der Waals surface area (Å²) < 4.78 is 9.73. The predicted molar refractivity (Wildman–Crippen MR) is 80.0 cm³/mol. The summed E-state index contributed by atoms with van der Waals surface area (Å²) in [7, 11) is 1.30. The van der Waals surface area contributed by atoms with Gasteiger partial charge < -0.3 is 14.4 Å². The van der Waals surface area contributed by atoms with Gasteiger partial charge in [-0.15, -0.1) is 0 Å². The van der Waals surface area contributed by atoms with E-state index in [-0.39, 0.29) is 21.9 Å². The maximum atomic E-state index is 11.8. The number of halogens is 1. The van der Waals surface area contributed by atoms with Crippen LogP contribution in [0.25, 0.3) is 0 Å². The topological polar surface area (TPSA) is 68.7 Å². The van der Waals surface area contributed by atoms with E-state index in [1.807, 2.05) is 4.90 Å². The van der Waals surface area contributed by atoms with Crippen molar-refractivity contribution in [2.75, 3.05) is 31.7 Å². The molecular weight excluding hydrogens is 316 g/mol. The van der Waals surface area contributed by atoms with Gasteiger partial charge in [-0.3, -0.25) is 4.79 Å². The van der Waals surface area contributed by atoms with Gasteiger partial charge in [-0.1, -0.05) is 22.9 Å². The van der Waals surface area contributed by atoms with Crippen LogP contribution in [0.4, 0.5) is 5.13 Å².